The number of halogens is 3. The quantitative estimate of drug-likeness (QED) is 0.396. The number of hydrogen-bond acceptors (Lipinski definition) is 3. The van der Waals surface area contributed by atoms with E-state index < -0.39 is 23.2 Å². The third-order valence-electron chi connectivity index (χ3n) is 5.33. The van der Waals surface area contributed by atoms with Crippen LogP contribution >= 0.6 is 23.4 Å². The topological polar surface area (TPSA) is 60.0 Å². The van der Waals surface area contributed by atoms with E-state index in [1.54, 1.807) is 30.2 Å². The SMILES string of the molecule is Cn1cc(-n2c(C3CC3)c(Sc3cccc(C(=O)O)c3F)c3ccc(Cl)c(F)c32)cn1. The summed E-state index contributed by atoms with van der Waals surface area (Å²) in [6.07, 6.45) is 5.28. The molecular weight excluding hydrogens is 444 g/mol. The summed E-state index contributed by atoms with van der Waals surface area (Å²) in [7, 11) is 1.78. The van der Waals surface area contributed by atoms with Crippen molar-refractivity contribution >= 4 is 40.2 Å². The fourth-order valence-corrected chi connectivity index (χ4v) is 5.15. The lowest BCUT2D eigenvalue weighted by Gasteiger charge is -2.11. The highest BCUT2D eigenvalue weighted by Gasteiger charge is 2.34. The smallest absolute Gasteiger partial charge is 0.338 e. The van der Waals surface area contributed by atoms with Gasteiger partial charge in [0.1, 0.15) is 0 Å². The van der Waals surface area contributed by atoms with Gasteiger partial charge in [-0.3, -0.25) is 4.68 Å². The van der Waals surface area contributed by atoms with E-state index in [4.69, 9.17) is 11.6 Å². The van der Waals surface area contributed by atoms with Gasteiger partial charge in [-0.15, -0.1) is 0 Å². The van der Waals surface area contributed by atoms with Gasteiger partial charge in [0.2, 0.25) is 0 Å². The first-order valence-corrected chi connectivity index (χ1v) is 10.8. The maximum Gasteiger partial charge on any atom is 0.338 e. The Labute approximate surface area is 185 Å². The molecule has 0 aliphatic heterocycles. The first kappa shape index (κ1) is 20.1. The molecule has 1 saturated carbocycles. The Morgan fingerprint density at radius 2 is 2.00 bits per heavy atom. The Balaban J connectivity index is 1.80. The first-order chi connectivity index (χ1) is 14.9. The maximum absolute atomic E-state index is 15.3. The van der Waals surface area contributed by atoms with Crippen LogP contribution in [0.3, 0.4) is 0 Å². The predicted molar refractivity (Wildman–Crippen MR) is 114 cm³/mol. The van der Waals surface area contributed by atoms with Gasteiger partial charge in [-0.05, 0) is 37.1 Å². The van der Waals surface area contributed by atoms with Gasteiger partial charge in [-0.2, -0.15) is 5.10 Å². The maximum atomic E-state index is 15.3. The molecule has 0 spiro atoms. The number of carboxylic acids is 1. The molecule has 9 heteroatoms. The molecule has 1 N–H and O–H groups in total. The van der Waals surface area contributed by atoms with Crippen molar-refractivity contribution in [2.75, 3.05) is 0 Å². The van der Waals surface area contributed by atoms with Crippen LogP contribution in [0.2, 0.25) is 5.02 Å². The van der Waals surface area contributed by atoms with Gasteiger partial charge in [0, 0.05) is 40.0 Å². The minimum atomic E-state index is -1.34. The van der Waals surface area contributed by atoms with Crippen LogP contribution in [0.5, 0.6) is 0 Å². The van der Waals surface area contributed by atoms with E-state index in [1.807, 2.05) is 4.57 Å². The van der Waals surface area contributed by atoms with Gasteiger partial charge in [-0.1, -0.05) is 29.4 Å². The second-order valence-electron chi connectivity index (χ2n) is 7.48. The van der Waals surface area contributed by atoms with Crippen molar-refractivity contribution in [3.05, 3.63) is 70.6 Å². The molecule has 31 heavy (non-hydrogen) atoms. The zero-order valence-electron chi connectivity index (χ0n) is 16.3. The van der Waals surface area contributed by atoms with E-state index in [0.717, 1.165) is 30.3 Å². The summed E-state index contributed by atoms with van der Waals surface area (Å²) in [6, 6.07) is 7.46. The lowest BCUT2D eigenvalue weighted by Crippen LogP contribution is -2.02. The Morgan fingerprint density at radius 1 is 1.23 bits per heavy atom. The Morgan fingerprint density at radius 3 is 2.65 bits per heavy atom. The molecule has 0 unspecified atom stereocenters. The summed E-state index contributed by atoms with van der Waals surface area (Å²) in [5.74, 6) is -2.52. The summed E-state index contributed by atoms with van der Waals surface area (Å²) in [6.45, 7) is 0. The van der Waals surface area contributed by atoms with Crippen LogP contribution in [-0.4, -0.2) is 25.4 Å². The molecule has 4 aromatic rings. The van der Waals surface area contributed by atoms with Crippen molar-refractivity contribution < 1.29 is 18.7 Å². The number of fused-ring (bicyclic) bond motifs is 1. The number of aryl methyl sites for hydroxylation is 1. The number of nitrogens with zero attached hydrogens (tertiary/aromatic N) is 3. The molecule has 0 bridgehead atoms. The predicted octanol–water partition coefficient (Wildman–Crippen LogP) is 6.02. The van der Waals surface area contributed by atoms with Crippen LogP contribution < -0.4 is 0 Å². The van der Waals surface area contributed by atoms with Crippen molar-refractivity contribution in [2.24, 2.45) is 7.05 Å². The van der Waals surface area contributed by atoms with Crippen molar-refractivity contribution in [1.82, 2.24) is 14.3 Å². The van der Waals surface area contributed by atoms with E-state index in [9.17, 15) is 14.3 Å². The number of benzene rings is 2. The van der Waals surface area contributed by atoms with Crippen LogP contribution in [0.1, 0.15) is 34.8 Å². The third-order valence-corrected chi connectivity index (χ3v) is 6.79. The monoisotopic (exact) mass is 459 g/mol. The van der Waals surface area contributed by atoms with Crippen LogP contribution in [0.4, 0.5) is 8.78 Å². The molecule has 1 aliphatic carbocycles. The number of hydrogen-bond donors (Lipinski definition) is 1. The average molecular weight is 460 g/mol. The van der Waals surface area contributed by atoms with Gasteiger partial charge >= 0.3 is 5.97 Å². The highest BCUT2D eigenvalue weighted by molar-refractivity contribution is 7.99. The zero-order valence-corrected chi connectivity index (χ0v) is 17.8. The lowest BCUT2D eigenvalue weighted by molar-refractivity contribution is 0.0691. The first-order valence-electron chi connectivity index (χ1n) is 9.57. The molecule has 5 nitrogen and oxygen atoms in total. The molecule has 2 aromatic carbocycles. The molecule has 2 aromatic heterocycles. The summed E-state index contributed by atoms with van der Waals surface area (Å²) in [5.41, 5.74) is 1.44. The Kier molecular flexibility index (Phi) is 4.79. The van der Waals surface area contributed by atoms with E-state index in [1.165, 1.54) is 24.3 Å². The summed E-state index contributed by atoms with van der Waals surface area (Å²) >= 11 is 7.22. The van der Waals surface area contributed by atoms with Crippen LogP contribution in [0.15, 0.2) is 52.5 Å². The van der Waals surface area contributed by atoms with Gasteiger partial charge in [0.15, 0.2) is 11.6 Å². The number of carboxylic acid groups (broad SMARTS) is 1. The summed E-state index contributed by atoms with van der Waals surface area (Å²) in [5, 5.41) is 14.1. The van der Waals surface area contributed by atoms with Crippen molar-refractivity contribution in [1.29, 1.82) is 0 Å². The molecule has 158 valence electrons. The minimum Gasteiger partial charge on any atom is -0.478 e. The van der Waals surface area contributed by atoms with Crippen molar-refractivity contribution in [3.63, 3.8) is 0 Å². The number of aromatic carboxylic acids is 1. The normalized spacial score (nSPS) is 13.8. The van der Waals surface area contributed by atoms with Crippen LogP contribution in [0, 0.1) is 11.6 Å². The molecule has 0 saturated heterocycles. The Bertz CT molecular complexity index is 1360. The van der Waals surface area contributed by atoms with Gasteiger partial charge in [0.25, 0.3) is 0 Å². The van der Waals surface area contributed by atoms with Crippen molar-refractivity contribution in [3.8, 4) is 5.69 Å². The minimum absolute atomic E-state index is 0.00640. The molecule has 0 amide bonds. The number of carbonyl (C=O) groups is 1. The highest BCUT2D eigenvalue weighted by atomic mass is 35.5. The molecule has 0 radical (unpaired) electrons. The molecule has 5 rings (SSSR count). The number of aromatic nitrogens is 3. The van der Waals surface area contributed by atoms with Crippen LogP contribution in [0.25, 0.3) is 16.6 Å². The lowest BCUT2D eigenvalue weighted by atomic mass is 10.2. The average Bonchev–Trinajstić information content (AvgIpc) is 3.40. The second-order valence-corrected chi connectivity index (χ2v) is 8.94. The summed E-state index contributed by atoms with van der Waals surface area (Å²) in [4.78, 5) is 12.2. The Hall–Kier alpha value is -2.84. The number of rotatable bonds is 5. The second kappa shape index (κ2) is 7.39. The summed E-state index contributed by atoms with van der Waals surface area (Å²) < 4.78 is 33.6. The van der Waals surface area contributed by atoms with E-state index in [-0.39, 0.29) is 15.8 Å². The standard InChI is InChI=1S/C22H16ClF2N3O2S/c1-27-10-12(9-26-27)28-19(11-5-6-11)21(14-7-8-15(23)18(25)20(14)28)31-16-4-2-3-13(17(16)24)22(29)30/h2-4,7-11H,5-6H2,1H3,(H,29,30). The fourth-order valence-electron chi connectivity index (χ4n) is 3.79. The van der Waals surface area contributed by atoms with Gasteiger partial charge in [-0.25, -0.2) is 13.6 Å². The molecule has 1 aliphatic rings. The third kappa shape index (κ3) is 3.30. The molecule has 0 atom stereocenters. The fraction of sp³-hybridized carbons (Fsp3) is 0.182. The van der Waals surface area contributed by atoms with E-state index in [0.29, 0.717) is 21.5 Å². The molecule has 1 fully saturated rings. The van der Waals surface area contributed by atoms with E-state index in [2.05, 4.69) is 5.10 Å². The highest BCUT2D eigenvalue weighted by Crippen LogP contribution is 2.51. The van der Waals surface area contributed by atoms with Gasteiger partial charge in [0.05, 0.1) is 28.0 Å². The van der Waals surface area contributed by atoms with E-state index >= 15 is 4.39 Å². The van der Waals surface area contributed by atoms with Crippen LogP contribution in [-0.2, 0) is 7.05 Å². The van der Waals surface area contributed by atoms with Gasteiger partial charge < -0.3 is 9.67 Å². The van der Waals surface area contributed by atoms with Crippen molar-refractivity contribution in [2.45, 2.75) is 28.6 Å². The molecule has 2 heterocycles. The zero-order chi connectivity index (χ0) is 21.9. The largest absolute Gasteiger partial charge is 0.478 e. The molecular formula is C22H16ClF2N3O2S.